The van der Waals surface area contributed by atoms with Crippen molar-refractivity contribution in [2.45, 2.75) is 109 Å². The van der Waals surface area contributed by atoms with Crippen LogP contribution in [0.1, 0.15) is 101 Å². The summed E-state index contributed by atoms with van der Waals surface area (Å²) in [5.74, 6) is 2.03. The molecule has 3 aliphatic rings. The number of benzene rings is 2. The number of hydrogen-bond donors (Lipinski definition) is 1. The van der Waals surface area contributed by atoms with Crippen LogP contribution >= 0.6 is 0 Å². The number of alkyl carbamates (subject to hydrolysis) is 1. The quantitative estimate of drug-likeness (QED) is 0.234. The van der Waals surface area contributed by atoms with Crippen LogP contribution in [0.4, 0.5) is 10.5 Å². The van der Waals surface area contributed by atoms with Gasteiger partial charge < -0.3 is 24.4 Å². The summed E-state index contributed by atoms with van der Waals surface area (Å²) in [7, 11) is 1.72. The van der Waals surface area contributed by atoms with E-state index in [-0.39, 0.29) is 36.1 Å². The highest BCUT2D eigenvalue weighted by Crippen LogP contribution is 2.39. The maximum absolute atomic E-state index is 14.5. The highest BCUT2D eigenvalue weighted by molar-refractivity contribution is 5.95. The molecule has 0 radical (unpaired) electrons. The van der Waals surface area contributed by atoms with Crippen molar-refractivity contribution in [3.63, 3.8) is 0 Å². The molecule has 1 aliphatic heterocycles. The fraction of sp³-hybridized carbons (Fsp3) is 0.575. The summed E-state index contributed by atoms with van der Waals surface area (Å²) < 4.78 is 18.5. The van der Waals surface area contributed by atoms with Gasteiger partial charge in [-0.1, -0.05) is 24.3 Å². The summed E-state index contributed by atoms with van der Waals surface area (Å²) >= 11 is 0. The molecule has 3 fully saturated rings. The minimum atomic E-state index is -0.346. The van der Waals surface area contributed by atoms with Crippen molar-refractivity contribution in [2.24, 2.45) is 11.8 Å². The molecule has 264 valence electrons. The molecule has 2 aliphatic carbocycles. The molecule has 1 aromatic heterocycles. The van der Waals surface area contributed by atoms with Crippen molar-refractivity contribution >= 4 is 17.7 Å². The Kier molecular flexibility index (Phi) is 11.6. The van der Waals surface area contributed by atoms with Gasteiger partial charge in [-0.2, -0.15) is 5.10 Å². The lowest BCUT2D eigenvalue weighted by Gasteiger charge is -2.36. The second kappa shape index (κ2) is 16.2. The number of carbonyl (C=O) groups excluding carboxylic acids is 2. The topological polar surface area (TPSA) is 94.9 Å². The number of aromatic nitrogens is 2. The third-order valence-electron chi connectivity index (χ3n) is 10.9. The zero-order valence-electron chi connectivity index (χ0n) is 29.7. The van der Waals surface area contributed by atoms with E-state index < -0.39 is 0 Å². The fourth-order valence-electron chi connectivity index (χ4n) is 7.89. The summed E-state index contributed by atoms with van der Waals surface area (Å²) in [6.45, 7) is 8.35. The number of anilines is 1. The molecule has 0 spiro atoms. The van der Waals surface area contributed by atoms with Crippen LogP contribution in [0.2, 0.25) is 0 Å². The van der Waals surface area contributed by atoms with Gasteiger partial charge >= 0.3 is 6.09 Å². The summed E-state index contributed by atoms with van der Waals surface area (Å²) in [6.07, 6.45) is 12.5. The molecule has 2 heterocycles. The summed E-state index contributed by atoms with van der Waals surface area (Å²) in [5, 5.41) is 7.63. The number of rotatable bonds is 10. The molecule has 3 aromatic rings. The number of methoxy groups -OCH3 is 1. The zero-order chi connectivity index (χ0) is 34.3. The lowest BCUT2D eigenvalue weighted by Crippen LogP contribution is -2.44. The number of hydrogen-bond acceptors (Lipinski definition) is 6. The molecule has 2 aromatic carbocycles. The first-order valence-electron chi connectivity index (χ1n) is 18.4. The van der Waals surface area contributed by atoms with E-state index in [9.17, 15) is 9.59 Å². The van der Waals surface area contributed by atoms with Crippen molar-refractivity contribution in [2.75, 3.05) is 31.8 Å². The molecular weight excluding hydrogens is 616 g/mol. The molecule has 0 bridgehead atoms. The van der Waals surface area contributed by atoms with Gasteiger partial charge in [0.25, 0.3) is 0 Å². The number of carbonyl (C=O) groups is 2. The van der Waals surface area contributed by atoms with Crippen molar-refractivity contribution in [3.05, 3.63) is 66.0 Å². The maximum atomic E-state index is 14.5. The Morgan fingerprint density at radius 3 is 2.39 bits per heavy atom. The van der Waals surface area contributed by atoms with Gasteiger partial charge in [0.15, 0.2) is 0 Å². The highest BCUT2D eigenvalue weighted by atomic mass is 16.6. The van der Waals surface area contributed by atoms with Crippen LogP contribution in [0.5, 0.6) is 5.75 Å². The van der Waals surface area contributed by atoms with E-state index in [0.29, 0.717) is 25.0 Å². The van der Waals surface area contributed by atoms with E-state index in [4.69, 9.17) is 14.2 Å². The Bertz CT molecular complexity index is 1550. The monoisotopic (exact) mass is 670 g/mol. The zero-order valence-corrected chi connectivity index (χ0v) is 29.7. The molecular formula is C40H54N4O5. The highest BCUT2D eigenvalue weighted by Gasteiger charge is 2.34. The molecule has 0 atom stereocenters. The SMILES string of the molecule is COc1ccc(C2CCC(CN(C(=O)C3CCC(NC(=O)OC4CCOCC4)CC3)c3cccc(-c4cnn(C(C)C)c4)c3)CC2)cc1C. The lowest BCUT2D eigenvalue weighted by molar-refractivity contribution is -0.123. The number of amides is 2. The molecule has 0 unspecified atom stereocenters. The maximum Gasteiger partial charge on any atom is 0.407 e. The van der Waals surface area contributed by atoms with Crippen LogP contribution in [0.15, 0.2) is 54.9 Å². The molecule has 9 nitrogen and oxygen atoms in total. The minimum absolute atomic E-state index is 0.0301. The first-order valence-corrected chi connectivity index (χ1v) is 18.4. The number of nitrogens with one attached hydrogen (secondary N) is 1. The van der Waals surface area contributed by atoms with Crippen LogP contribution in [0, 0.1) is 18.8 Å². The summed E-state index contributed by atoms with van der Waals surface area (Å²) in [6, 6.07) is 15.3. The Balaban J connectivity index is 1.13. The van der Waals surface area contributed by atoms with E-state index >= 15 is 0 Å². The smallest absolute Gasteiger partial charge is 0.407 e. The van der Waals surface area contributed by atoms with Crippen molar-refractivity contribution in [1.82, 2.24) is 15.1 Å². The molecule has 2 amide bonds. The third-order valence-corrected chi connectivity index (χ3v) is 10.9. The molecule has 1 N–H and O–H groups in total. The van der Waals surface area contributed by atoms with Crippen LogP contribution < -0.4 is 15.0 Å². The van der Waals surface area contributed by atoms with Gasteiger partial charge in [-0.3, -0.25) is 9.48 Å². The van der Waals surface area contributed by atoms with E-state index in [0.717, 1.165) is 93.3 Å². The van der Waals surface area contributed by atoms with Gasteiger partial charge in [-0.05, 0) is 119 Å². The Morgan fingerprint density at radius 1 is 0.959 bits per heavy atom. The van der Waals surface area contributed by atoms with Crippen LogP contribution in [0.3, 0.4) is 0 Å². The van der Waals surface area contributed by atoms with Crippen molar-refractivity contribution < 1.29 is 23.8 Å². The van der Waals surface area contributed by atoms with Gasteiger partial charge in [-0.15, -0.1) is 0 Å². The minimum Gasteiger partial charge on any atom is -0.496 e. The average molecular weight is 671 g/mol. The molecule has 49 heavy (non-hydrogen) atoms. The largest absolute Gasteiger partial charge is 0.496 e. The fourth-order valence-corrected chi connectivity index (χ4v) is 7.89. The number of nitrogens with zero attached hydrogens (tertiary/aromatic N) is 3. The van der Waals surface area contributed by atoms with Gasteiger partial charge in [0.2, 0.25) is 5.91 Å². The lowest BCUT2D eigenvalue weighted by atomic mass is 9.78. The third kappa shape index (κ3) is 8.85. The van der Waals surface area contributed by atoms with Crippen LogP contribution in [-0.2, 0) is 14.3 Å². The van der Waals surface area contributed by atoms with Crippen LogP contribution in [-0.4, -0.2) is 60.8 Å². The van der Waals surface area contributed by atoms with Crippen molar-refractivity contribution in [1.29, 1.82) is 0 Å². The predicted octanol–water partition coefficient (Wildman–Crippen LogP) is 8.22. The summed E-state index contributed by atoms with van der Waals surface area (Å²) in [4.78, 5) is 29.1. The standard InChI is InChI=1S/C40H54N4O5/c1-27(2)44-26-34(24-41-44)32-6-5-7-36(23-32)43(25-29-8-10-30(11-9-29)33-14-17-38(47-4)28(3)22-33)39(45)31-12-15-35(16-13-31)42-40(46)49-37-18-20-48-21-19-37/h5-7,14,17,22-24,26-27,29-31,35,37H,8-13,15-16,18-21,25H2,1-4H3,(H,42,46). The second-order valence-corrected chi connectivity index (χ2v) is 14.7. The molecule has 9 heteroatoms. The number of ether oxygens (including phenoxy) is 3. The van der Waals surface area contributed by atoms with E-state index in [1.807, 2.05) is 10.9 Å². The Labute approximate surface area is 291 Å². The van der Waals surface area contributed by atoms with Gasteiger partial charge in [0.1, 0.15) is 11.9 Å². The van der Waals surface area contributed by atoms with E-state index in [1.54, 1.807) is 7.11 Å². The van der Waals surface area contributed by atoms with Gasteiger partial charge in [0.05, 0.1) is 26.5 Å². The normalized spacial score (nSPS) is 23.2. The van der Waals surface area contributed by atoms with E-state index in [2.05, 4.69) is 84.7 Å². The molecule has 1 saturated heterocycles. The molecule has 2 saturated carbocycles. The van der Waals surface area contributed by atoms with Crippen LogP contribution in [0.25, 0.3) is 11.1 Å². The number of aryl methyl sites for hydroxylation is 1. The van der Waals surface area contributed by atoms with Gasteiger partial charge in [-0.25, -0.2) is 4.79 Å². The van der Waals surface area contributed by atoms with E-state index in [1.165, 1.54) is 11.1 Å². The molecule has 6 rings (SSSR count). The van der Waals surface area contributed by atoms with Crippen molar-refractivity contribution in [3.8, 4) is 16.9 Å². The average Bonchev–Trinajstić information content (AvgIpc) is 3.63. The Morgan fingerprint density at radius 2 is 1.71 bits per heavy atom. The predicted molar refractivity (Wildman–Crippen MR) is 192 cm³/mol. The summed E-state index contributed by atoms with van der Waals surface area (Å²) in [5.41, 5.74) is 5.64. The van der Waals surface area contributed by atoms with Gasteiger partial charge in [0, 0.05) is 54.8 Å². The first kappa shape index (κ1) is 35.0. The first-order chi connectivity index (χ1) is 23.8. The Hall–Kier alpha value is -3.85. The second-order valence-electron chi connectivity index (χ2n) is 14.7.